The summed E-state index contributed by atoms with van der Waals surface area (Å²) in [6.07, 6.45) is 1.99. The Bertz CT molecular complexity index is 1480. The van der Waals surface area contributed by atoms with E-state index in [9.17, 15) is 17.2 Å². The van der Waals surface area contributed by atoms with Gasteiger partial charge in [-0.2, -0.15) is 4.31 Å². The number of rotatable bonds is 3. The lowest BCUT2D eigenvalue weighted by Gasteiger charge is -2.29. The number of aromatic nitrogens is 2. The Hall–Kier alpha value is -2.94. The molecule has 0 amide bonds. The summed E-state index contributed by atoms with van der Waals surface area (Å²) >= 11 is 5.70. The molecule has 2 aromatic carbocycles. The van der Waals surface area contributed by atoms with Crippen LogP contribution in [0, 0.1) is 11.6 Å². The van der Waals surface area contributed by atoms with Gasteiger partial charge in [0.1, 0.15) is 16.5 Å². The maximum Gasteiger partial charge on any atom is 0.246 e. The van der Waals surface area contributed by atoms with Gasteiger partial charge in [0.05, 0.1) is 21.9 Å². The van der Waals surface area contributed by atoms with E-state index in [4.69, 9.17) is 16.6 Å². The van der Waals surface area contributed by atoms with Crippen molar-refractivity contribution in [3.8, 4) is 11.4 Å². The first-order valence-electron chi connectivity index (χ1n) is 9.82. The van der Waals surface area contributed by atoms with Gasteiger partial charge in [-0.05, 0) is 41.8 Å². The Morgan fingerprint density at radius 3 is 2.66 bits per heavy atom. The van der Waals surface area contributed by atoms with Crippen molar-refractivity contribution in [1.82, 2.24) is 14.3 Å². The molecule has 0 unspecified atom stereocenters. The van der Waals surface area contributed by atoms with E-state index in [2.05, 4.69) is 4.98 Å². The van der Waals surface area contributed by atoms with Gasteiger partial charge in [0, 0.05) is 30.7 Å². The minimum Gasteiger partial charge on any atom is -0.254 e. The molecule has 0 saturated heterocycles. The molecular formula is C23H16ClF2N3O2S. The number of benzene rings is 2. The minimum absolute atomic E-state index is 0.0369. The average molecular weight is 472 g/mol. The molecule has 162 valence electrons. The lowest BCUT2D eigenvalue weighted by Crippen LogP contribution is -2.36. The predicted octanol–water partition coefficient (Wildman–Crippen LogP) is 4.98. The van der Waals surface area contributed by atoms with Crippen molar-refractivity contribution in [2.45, 2.75) is 17.9 Å². The highest BCUT2D eigenvalue weighted by molar-refractivity contribution is 7.89. The highest BCUT2D eigenvalue weighted by Crippen LogP contribution is 2.32. The first kappa shape index (κ1) is 20.9. The summed E-state index contributed by atoms with van der Waals surface area (Å²) in [4.78, 5) is 8.56. The van der Waals surface area contributed by atoms with E-state index in [1.54, 1.807) is 12.3 Å². The second-order valence-electron chi connectivity index (χ2n) is 7.47. The van der Waals surface area contributed by atoms with Crippen LogP contribution in [-0.4, -0.2) is 29.2 Å². The normalized spacial score (nSPS) is 14.5. The van der Waals surface area contributed by atoms with Gasteiger partial charge in [0.25, 0.3) is 0 Å². The summed E-state index contributed by atoms with van der Waals surface area (Å²) in [5.74, 6) is -2.18. The molecule has 1 aliphatic heterocycles. The molecular weight excluding hydrogens is 456 g/mol. The number of sulfonamides is 1. The van der Waals surface area contributed by atoms with Crippen molar-refractivity contribution >= 4 is 32.5 Å². The van der Waals surface area contributed by atoms with Crippen LogP contribution in [0.25, 0.3) is 22.3 Å². The van der Waals surface area contributed by atoms with Crippen molar-refractivity contribution in [3.63, 3.8) is 0 Å². The van der Waals surface area contributed by atoms with Gasteiger partial charge in [-0.1, -0.05) is 35.9 Å². The van der Waals surface area contributed by atoms with Crippen LogP contribution >= 0.6 is 11.6 Å². The molecule has 32 heavy (non-hydrogen) atoms. The number of fused-ring (bicyclic) bond motifs is 2. The minimum atomic E-state index is -4.21. The fourth-order valence-corrected chi connectivity index (χ4v) is 5.65. The predicted molar refractivity (Wildman–Crippen MR) is 118 cm³/mol. The monoisotopic (exact) mass is 471 g/mol. The third-order valence-corrected chi connectivity index (χ3v) is 7.69. The van der Waals surface area contributed by atoms with Crippen molar-refractivity contribution in [3.05, 3.63) is 88.6 Å². The van der Waals surface area contributed by atoms with Crippen molar-refractivity contribution in [1.29, 1.82) is 0 Å². The van der Waals surface area contributed by atoms with E-state index in [1.165, 1.54) is 4.31 Å². The Labute approximate surface area is 188 Å². The molecule has 0 radical (unpaired) electrons. The van der Waals surface area contributed by atoms with Gasteiger partial charge in [0.2, 0.25) is 10.0 Å². The van der Waals surface area contributed by atoms with Crippen LogP contribution in [0.1, 0.15) is 11.1 Å². The van der Waals surface area contributed by atoms with Gasteiger partial charge in [-0.15, -0.1) is 0 Å². The van der Waals surface area contributed by atoms with Gasteiger partial charge in [-0.3, -0.25) is 4.98 Å². The zero-order valence-electron chi connectivity index (χ0n) is 16.6. The summed E-state index contributed by atoms with van der Waals surface area (Å²) in [6, 6.07) is 14.7. The molecule has 0 aliphatic carbocycles. The van der Waals surface area contributed by atoms with Crippen LogP contribution in [0.2, 0.25) is 5.02 Å². The highest BCUT2D eigenvalue weighted by Gasteiger charge is 2.32. The van der Waals surface area contributed by atoms with Gasteiger partial charge < -0.3 is 0 Å². The van der Waals surface area contributed by atoms with Crippen molar-refractivity contribution in [2.24, 2.45) is 0 Å². The summed E-state index contributed by atoms with van der Waals surface area (Å²) in [5, 5.41) is 0.564. The molecule has 3 heterocycles. The topological polar surface area (TPSA) is 63.2 Å². The fraction of sp³-hybridized carbons (Fsp3) is 0.130. The summed E-state index contributed by atoms with van der Waals surface area (Å²) < 4.78 is 55.0. The third-order valence-electron chi connectivity index (χ3n) is 5.54. The third kappa shape index (κ3) is 3.54. The van der Waals surface area contributed by atoms with Crippen molar-refractivity contribution < 1.29 is 17.2 Å². The summed E-state index contributed by atoms with van der Waals surface area (Å²) in [6.45, 7) is 0.158. The van der Waals surface area contributed by atoms with Crippen LogP contribution in [0.5, 0.6) is 0 Å². The zero-order valence-corrected chi connectivity index (χ0v) is 18.2. The van der Waals surface area contributed by atoms with E-state index in [0.29, 0.717) is 23.9 Å². The second-order valence-corrected chi connectivity index (χ2v) is 9.79. The molecule has 0 N–H and O–H groups in total. The molecule has 4 aromatic rings. The molecule has 0 bridgehead atoms. The van der Waals surface area contributed by atoms with E-state index >= 15 is 0 Å². The Morgan fingerprint density at radius 1 is 1.00 bits per heavy atom. The Balaban J connectivity index is 1.52. The maximum atomic E-state index is 14.3. The van der Waals surface area contributed by atoms with Gasteiger partial charge >= 0.3 is 0 Å². The second kappa shape index (κ2) is 7.88. The van der Waals surface area contributed by atoms with Crippen LogP contribution in [-0.2, 0) is 23.0 Å². The van der Waals surface area contributed by atoms with E-state index in [1.807, 2.05) is 36.4 Å². The quantitative estimate of drug-likeness (QED) is 0.395. The van der Waals surface area contributed by atoms with E-state index in [0.717, 1.165) is 28.1 Å². The molecule has 0 atom stereocenters. The first-order chi connectivity index (χ1) is 15.3. The fourth-order valence-electron chi connectivity index (χ4n) is 3.93. The summed E-state index contributed by atoms with van der Waals surface area (Å²) in [5.41, 5.74) is 3.90. The molecule has 5 nitrogen and oxygen atoms in total. The Kier molecular flexibility index (Phi) is 5.16. The van der Waals surface area contributed by atoms with Gasteiger partial charge in [0.15, 0.2) is 0 Å². The number of nitrogens with zero attached hydrogens (tertiary/aromatic N) is 3. The van der Waals surface area contributed by atoms with E-state index in [-0.39, 0.29) is 13.1 Å². The largest absolute Gasteiger partial charge is 0.254 e. The van der Waals surface area contributed by atoms with Crippen LogP contribution in [0.15, 0.2) is 65.7 Å². The smallest absolute Gasteiger partial charge is 0.246 e. The molecule has 1 aliphatic rings. The number of para-hydroxylation sites is 1. The average Bonchev–Trinajstić information content (AvgIpc) is 2.80. The molecule has 0 fully saturated rings. The van der Waals surface area contributed by atoms with Crippen LogP contribution in [0.4, 0.5) is 8.78 Å². The molecule has 0 spiro atoms. The van der Waals surface area contributed by atoms with E-state index < -0.39 is 31.6 Å². The molecule has 2 aromatic heterocycles. The molecule has 9 heteroatoms. The number of hydrogen-bond acceptors (Lipinski definition) is 4. The van der Waals surface area contributed by atoms with Gasteiger partial charge in [-0.25, -0.2) is 22.2 Å². The highest BCUT2D eigenvalue weighted by atomic mass is 35.5. The van der Waals surface area contributed by atoms with Crippen LogP contribution in [0.3, 0.4) is 0 Å². The Morgan fingerprint density at radius 2 is 1.81 bits per heavy atom. The maximum absolute atomic E-state index is 14.3. The standard InChI is InChI=1S/C23H16ClF2N3O2S/c24-17-11-22(19(26)12-18(17)25)32(30,31)29-10-8-16-15(13-29)7-9-27-23(16)21-6-5-14-3-1-2-4-20(14)28-21/h1-7,9,11-12H,8,10,13H2. The SMILES string of the molecule is O=S(=O)(c1cc(Cl)c(F)cc1F)N1CCc2c(ccnc2-c2ccc3ccccc3n2)C1. The number of pyridine rings is 2. The number of halogens is 3. The molecule has 0 saturated carbocycles. The van der Waals surface area contributed by atoms with Crippen LogP contribution < -0.4 is 0 Å². The zero-order chi connectivity index (χ0) is 22.5. The number of hydrogen-bond donors (Lipinski definition) is 0. The molecule has 5 rings (SSSR count). The lowest BCUT2D eigenvalue weighted by molar-refractivity contribution is 0.388. The summed E-state index contributed by atoms with van der Waals surface area (Å²) in [7, 11) is -4.21. The lowest BCUT2D eigenvalue weighted by atomic mass is 9.98. The van der Waals surface area contributed by atoms with Crippen molar-refractivity contribution in [2.75, 3.05) is 6.54 Å². The first-order valence-corrected chi connectivity index (χ1v) is 11.6.